The lowest BCUT2D eigenvalue weighted by Crippen LogP contribution is -2.32. The Morgan fingerprint density at radius 2 is 1.64 bits per heavy atom. The SMILES string of the molecule is CC(C)CN(CC(C)C)c1nccc(NCc2ccc(-c3ccccc3)s2)n1. The van der Waals surface area contributed by atoms with E-state index in [9.17, 15) is 0 Å². The van der Waals surface area contributed by atoms with E-state index in [1.807, 2.05) is 29.7 Å². The van der Waals surface area contributed by atoms with E-state index in [1.54, 1.807) is 0 Å². The molecule has 0 unspecified atom stereocenters. The zero-order valence-electron chi connectivity index (χ0n) is 17.2. The molecule has 0 saturated carbocycles. The Labute approximate surface area is 172 Å². The molecular formula is C23H30N4S. The van der Waals surface area contributed by atoms with Crippen molar-refractivity contribution in [1.82, 2.24) is 9.97 Å². The van der Waals surface area contributed by atoms with E-state index in [-0.39, 0.29) is 0 Å². The van der Waals surface area contributed by atoms with E-state index in [0.717, 1.165) is 31.4 Å². The molecule has 2 aromatic heterocycles. The molecule has 3 rings (SSSR count). The van der Waals surface area contributed by atoms with Crippen molar-refractivity contribution in [3.8, 4) is 10.4 Å². The zero-order valence-corrected chi connectivity index (χ0v) is 18.0. The van der Waals surface area contributed by atoms with E-state index < -0.39 is 0 Å². The van der Waals surface area contributed by atoms with Crippen LogP contribution >= 0.6 is 11.3 Å². The van der Waals surface area contributed by atoms with Gasteiger partial charge in [0, 0.05) is 29.0 Å². The molecule has 3 aromatic rings. The molecule has 0 spiro atoms. The van der Waals surface area contributed by atoms with Crippen LogP contribution < -0.4 is 10.2 Å². The van der Waals surface area contributed by atoms with E-state index in [4.69, 9.17) is 4.98 Å². The van der Waals surface area contributed by atoms with Crippen molar-refractivity contribution in [2.45, 2.75) is 34.2 Å². The lowest BCUT2D eigenvalue weighted by Gasteiger charge is -2.26. The lowest BCUT2D eigenvalue weighted by atomic mass is 10.1. The van der Waals surface area contributed by atoms with E-state index in [0.29, 0.717) is 11.8 Å². The van der Waals surface area contributed by atoms with Crippen LogP contribution in [0.4, 0.5) is 11.8 Å². The van der Waals surface area contributed by atoms with Gasteiger partial charge in [-0.1, -0.05) is 58.0 Å². The van der Waals surface area contributed by atoms with Crippen LogP contribution in [0.2, 0.25) is 0 Å². The molecule has 0 amide bonds. The fraction of sp³-hybridized carbons (Fsp3) is 0.391. The summed E-state index contributed by atoms with van der Waals surface area (Å²) in [6.07, 6.45) is 1.85. The Morgan fingerprint density at radius 3 is 2.32 bits per heavy atom. The Balaban J connectivity index is 1.67. The first kappa shape index (κ1) is 20.3. The van der Waals surface area contributed by atoms with Crippen molar-refractivity contribution in [3.63, 3.8) is 0 Å². The van der Waals surface area contributed by atoms with Crippen molar-refractivity contribution >= 4 is 23.1 Å². The molecule has 0 aliphatic rings. The first-order valence-electron chi connectivity index (χ1n) is 9.97. The highest BCUT2D eigenvalue weighted by Crippen LogP contribution is 2.28. The third-order valence-electron chi connectivity index (χ3n) is 4.26. The highest BCUT2D eigenvalue weighted by atomic mass is 32.1. The average molecular weight is 395 g/mol. The van der Waals surface area contributed by atoms with Gasteiger partial charge in [-0.2, -0.15) is 4.98 Å². The monoisotopic (exact) mass is 394 g/mol. The van der Waals surface area contributed by atoms with Gasteiger partial charge in [-0.05, 0) is 35.6 Å². The van der Waals surface area contributed by atoms with Gasteiger partial charge in [0.25, 0.3) is 0 Å². The molecule has 28 heavy (non-hydrogen) atoms. The summed E-state index contributed by atoms with van der Waals surface area (Å²) in [5.41, 5.74) is 1.26. The van der Waals surface area contributed by atoms with Crippen molar-refractivity contribution in [1.29, 1.82) is 0 Å². The summed E-state index contributed by atoms with van der Waals surface area (Å²) < 4.78 is 0. The Kier molecular flexibility index (Phi) is 7.04. The first-order chi connectivity index (χ1) is 13.5. The Bertz CT molecular complexity index is 848. The predicted molar refractivity (Wildman–Crippen MR) is 121 cm³/mol. The minimum absolute atomic E-state index is 0.571. The van der Waals surface area contributed by atoms with E-state index >= 15 is 0 Å². The quantitative estimate of drug-likeness (QED) is 0.488. The van der Waals surface area contributed by atoms with Gasteiger partial charge in [-0.15, -0.1) is 11.3 Å². The second-order valence-corrected chi connectivity index (χ2v) is 9.09. The predicted octanol–water partition coefficient (Wildman–Crippen LogP) is 5.94. The van der Waals surface area contributed by atoms with Gasteiger partial charge in [0.15, 0.2) is 0 Å². The molecule has 0 saturated heterocycles. The topological polar surface area (TPSA) is 41.1 Å². The molecule has 1 aromatic carbocycles. The summed E-state index contributed by atoms with van der Waals surface area (Å²) in [4.78, 5) is 14.2. The van der Waals surface area contributed by atoms with Crippen molar-refractivity contribution in [2.24, 2.45) is 11.8 Å². The minimum atomic E-state index is 0.571. The molecule has 0 fully saturated rings. The van der Waals surface area contributed by atoms with Crippen LogP contribution in [0.15, 0.2) is 54.7 Å². The fourth-order valence-electron chi connectivity index (χ4n) is 3.13. The van der Waals surface area contributed by atoms with Crippen LogP contribution in [0.3, 0.4) is 0 Å². The first-order valence-corrected chi connectivity index (χ1v) is 10.8. The van der Waals surface area contributed by atoms with Gasteiger partial charge in [-0.3, -0.25) is 0 Å². The smallest absolute Gasteiger partial charge is 0.227 e. The maximum absolute atomic E-state index is 4.77. The molecule has 1 N–H and O–H groups in total. The van der Waals surface area contributed by atoms with Crippen molar-refractivity contribution in [3.05, 3.63) is 59.6 Å². The average Bonchev–Trinajstić information content (AvgIpc) is 3.15. The molecule has 0 bridgehead atoms. The molecule has 0 aliphatic carbocycles. The van der Waals surface area contributed by atoms with Gasteiger partial charge < -0.3 is 10.2 Å². The number of rotatable bonds is 9. The van der Waals surface area contributed by atoms with Gasteiger partial charge in [0.1, 0.15) is 5.82 Å². The van der Waals surface area contributed by atoms with Crippen LogP contribution in [0.5, 0.6) is 0 Å². The summed E-state index contributed by atoms with van der Waals surface area (Å²) in [6, 6.07) is 16.8. The highest BCUT2D eigenvalue weighted by molar-refractivity contribution is 7.15. The molecule has 4 nitrogen and oxygen atoms in total. The standard InChI is InChI=1S/C23H30N4S/c1-17(2)15-27(16-18(3)4)23-24-13-12-22(26-23)25-14-20-10-11-21(28-20)19-8-6-5-7-9-19/h5-13,17-18H,14-16H2,1-4H3,(H,24,25,26). The van der Waals surface area contributed by atoms with Crippen LogP contribution in [-0.4, -0.2) is 23.1 Å². The highest BCUT2D eigenvalue weighted by Gasteiger charge is 2.13. The summed E-state index contributed by atoms with van der Waals surface area (Å²) in [7, 11) is 0. The number of nitrogens with one attached hydrogen (secondary N) is 1. The Morgan fingerprint density at radius 1 is 0.929 bits per heavy atom. The number of benzene rings is 1. The van der Waals surface area contributed by atoms with Gasteiger partial charge >= 0.3 is 0 Å². The maximum Gasteiger partial charge on any atom is 0.227 e. The fourth-order valence-corrected chi connectivity index (χ4v) is 4.08. The van der Waals surface area contributed by atoms with Crippen LogP contribution in [0.1, 0.15) is 32.6 Å². The number of nitrogens with zero attached hydrogens (tertiary/aromatic N) is 3. The third-order valence-corrected chi connectivity index (χ3v) is 5.39. The third kappa shape index (κ3) is 5.80. The second-order valence-electron chi connectivity index (χ2n) is 7.92. The maximum atomic E-state index is 4.77. The minimum Gasteiger partial charge on any atom is -0.365 e. The molecule has 148 valence electrons. The molecular weight excluding hydrogens is 364 g/mol. The lowest BCUT2D eigenvalue weighted by molar-refractivity contribution is 0.544. The normalized spacial score (nSPS) is 11.2. The van der Waals surface area contributed by atoms with Crippen molar-refractivity contribution in [2.75, 3.05) is 23.3 Å². The van der Waals surface area contributed by atoms with E-state index in [2.05, 4.69) is 79.3 Å². The number of hydrogen-bond donors (Lipinski definition) is 1. The van der Waals surface area contributed by atoms with Gasteiger partial charge in [0.2, 0.25) is 5.95 Å². The van der Waals surface area contributed by atoms with Crippen LogP contribution in [-0.2, 0) is 6.54 Å². The summed E-state index contributed by atoms with van der Waals surface area (Å²) in [5, 5.41) is 3.46. The summed E-state index contributed by atoms with van der Waals surface area (Å²) in [6.45, 7) is 11.6. The summed E-state index contributed by atoms with van der Waals surface area (Å²) in [5.74, 6) is 2.82. The number of hydrogen-bond acceptors (Lipinski definition) is 5. The molecule has 0 atom stereocenters. The molecule has 0 aliphatic heterocycles. The van der Waals surface area contributed by atoms with E-state index in [1.165, 1.54) is 15.3 Å². The number of aromatic nitrogens is 2. The van der Waals surface area contributed by atoms with Gasteiger partial charge in [0.05, 0.1) is 6.54 Å². The van der Waals surface area contributed by atoms with Gasteiger partial charge in [-0.25, -0.2) is 4.98 Å². The largest absolute Gasteiger partial charge is 0.365 e. The zero-order chi connectivity index (χ0) is 19.9. The second kappa shape index (κ2) is 9.69. The summed E-state index contributed by atoms with van der Waals surface area (Å²) >= 11 is 1.82. The molecule has 5 heteroatoms. The van der Waals surface area contributed by atoms with Crippen LogP contribution in [0, 0.1) is 11.8 Å². The number of anilines is 2. The van der Waals surface area contributed by atoms with Crippen molar-refractivity contribution < 1.29 is 0 Å². The molecule has 2 heterocycles. The Hall–Kier alpha value is -2.40. The molecule has 0 radical (unpaired) electrons. The van der Waals surface area contributed by atoms with Crippen LogP contribution in [0.25, 0.3) is 10.4 Å². The number of thiophene rings is 1.